The molecule has 4 heteroatoms. The fraction of sp³-hybridized carbons (Fsp3) is 0.545. The van der Waals surface area contributed by atoms with Gasteiger partial charge in [0.25, 0.3) is 0 Å². The molecule has 1 aromatic rings. The van der Waals surface area contributed by atoms with Gasteiger partial charge in [0.2, 0.25) is 0 Å². The summed E-state index contributed by atoms with van der Waals surface area (Å²) in [4.78, 5) is 13.0. The van der Waals surface area contributed by atoms with Crippen LogP contribution in [-0.2, 0) is 0 Å². The zero-order chi connectivity index (χ0) is 10.9. The average molecular weight is 244 g/mol. The van der Waals surface area contributed by atoms with E-state index in [0.717, 1.165) is 30.8 Å². The maximum Gasteiger partial charge on any atom is 0.179 e. The number of carbonyl (C=O) groups is 1. The van der Waals surface area contributed by atoms with Gasteiger partial charge in [-0.2, -0.15) is 0 Å². The molecule has 0 amide bonds. The summed E-state index contributed by atoms with van der Waals surface area (Å²) in [5.41, 5.74) is -0.244. The normalized spacial score (nSPS) is 26.5. The van der Waals surface area contributed by atoms with Gasteiger partial charge in [0, 0.05) is 12.0 Å². The van der Waals surface area contributed by atoms with Gasteiger partial charge in [0.1, 0.15) is 0 Å². The van der Waals surface area contributed by atoms with Crippen molar-refractivity contribution in [1.29, 1.82) is 0 Å². The molecule has 1 N–H and O–H groups in total. The van der Waals surface area contributed by atoms with Gasteiger partial charge in [-0.1, -0.05) is 18.5 Å². The highest BCUT2D eigenvalue weighted by molar-refractivity contribution is 7.18. The van der Waals surface area contributed by atoms with Crippen LogP contribution in [0, 0.1) is 5.41 Å². The average Bonchev–Trinajstić information content (AvgIpc) is 2.65. The number of nitrogens with one attached hydrogen (secondary N) is 1. The molecule has 15 heavy (non-hydrogen) atoms. The Morgan fingerprint density at radius 2 is 2.40 bits per heavy atom. The van der Waals surface area contributed by atoms with Crippen molar-refractivity contribution in [3.8, 4) is 0 Å². The van der Waals surface area contributed by atoms with Gasteiger partial charge in [-0.3, -0.25) is 4.79 Å². The lowest BCUT2D eigenvalue weighted by Crippen LogP contribution is -2.43. The Morgan fingerprint density at radius 1 is 1.60 bits per heavy atom. The molecule has 0 spiro atoms. The lowest BCUT2D eigenvalue weighted by atomic mass is 9.78. The van der Waals surface area contributed by atoms with E-state index in [2.05, 4.69) is 5.32 Å². The van der Waals surface area contributed by atoms with Crippen LogP contribution in [0.5, 0.6) is 0 Å². The molecule has 2 heterocycles. The topological polar surface area (TPSA) is 29.1 Å². The zero-order valence-corrected chi connectivity index (χ0v) is 10.3. The number of carbonyl (C=O) groups excluding carboxylic acids is 1. The first kappa shape index (κ1) is 11.1. The van der Waals surface area contributed by atoms with Gasteiger partial charge in [0.15, 0.2) is 5.78 Å². The fourth-order valence-electron chi connectivity index (χ4n) is 1.98. The molecule has 0 saturated carbocycles. The number of Topliss-reactive ketones (excluding diaryl/α,β-unsaturated/α-hetero) is 1. The molecule has 2 rings (SSSR count). The minimum atomic E-state index is -0.244. The highest BCUT2D eigenvalue weighted by Crippen LogP contribution is 2.33. The van der Waals surface area contributed by atoms with E-state index in [1.54, 1.807) is 6.07 Å². The summed E-state index contributed by atoms with van der Waals surface area (Å²) in [5.74, 6) is 0.228. The minimum Gasteiger partial charge on any atom is -0.316 e. The maximum absolute atomic E-state index is 12.2. The van der Waals surface area contributed by atoms with E-state index in [4.69, 9.17) is 11.6 Å². The molecule has 0 aliphatic carbocycles. The second-order valence-electron chi connectivity index (χ2n) is 4.27. The molecule has 1 aliphatic heterocycles. The number of rotatable bonds is 2. The van der Waals surface area contributed by atoms with E-state index >= 15 is 0 Å². The van der Waals surface area contributed by atoms with Crippen molar-refractivity contribution < 1.29 is 4.79 Å². The van der Waals surface area contributed by atoms with Crippen molar-refractivity contribution in [3.05, 3.63) is 21.3 Å². The van der Waals surface area contributed by atoms with Crippen LogP contribution >= 0.6 is 22.9 Å². The third-order valence-electron chi connectivity index (χ3n) is 2.94. The molecule has 0 bridgehead atoms. The Morgan fingerprint density at radius 3 is 2.93 bits per heavy atom. The van der Waals surface area contributed by atoms with Crippen molar-refractivity contribution >= 4 is 28.7 Å². The molecule has 1 atom stereocenters. The van der Waals surface area contributed by atoms with E-state index < -0.39 is 0 Å². The van der Waals surface area contributed by atoms with Gasteiger partial charge in [-0.15, -0.1) is 11.3 Å². The van der Waals surface area contributed by atoms with Crippen LogP contribution in [0.2, 0.25) is 4.34 Å². The predicted octanol–water partition coefficient (Wildman–Crippen LogP) is 2.97. The minimum absolute atomic E-state index is 0.228. The van der Waals surface area contributed by atoms with E-state index in [1.807, 2.05) is 13.0 Å². The monoisotopic (exact) mass is 243 g/mol. The Hall–Kier alpha value is -0.380. The summed E-state index contributed by atoms with van der Waals surface area (Å²) in [6.45, 7) is 3.84. The van der Waals surface area contributed by atoms with Crippen molar-refractivity contribution in [3.63, 3.8) is 0 Å². The SMILES string of the molecule is CC1(C(=O)c2ccc(Cl)s2)CCCNC1. The number of hydrogen-bond donors (Lipinski definition) is 1. The summed E-state index contributed by atoms with van der Waals surface area (Å²) < 4.78 is 0.686. The van der Waals surface area contributed by atoms with Gasteiger partial charge in [-0.05, 0) is 31.5 Å². The standard InChI is InChI=1S/C11H14ClNOS/c1-11(5-2-6-13-7-11)10(14)8-3-4-9(12)15-8/h3-4,13H,2,5-7H2,1H3. The lowest BCUT2D eigenvalue weighted by molar-refractivity contribution is 0.0777. The summed E-state index contributed by atoms with van der Waals surface area (Å²) >= 11 is 7.22. The maximum atomic E-state index is 12.2. The Bertz CT molecular complexity index is 368. The summed E-state index contributed by atoms with van der Waals surface area (Å²) in [5, 5.41) is 3.28. The third kappa shape index (κ3) is 2.25. The van der Waals surface area contributed by atoms with Gasteiger partial charge in [-0.25, -0.2) is 0 Å². The van der Waals surface area contributed by atoms with Crippen LogP contribution in [0.15, 0.2) is 12.1 Å². The van der Waals surface area contributed by atoms with Gasteiger partial charge >= 0.3 is 0 Å². The van der Waals surface area contributed by atoms with Crippen LogP contribution in [0.3, 0.4) is 0 Å². The number of ketones is 1. The van der Waals surface area contributed by atoms with Crippen molar-refractivity contribution in [2.45, 2.75) is 19.8 Å². The third-order valence-corrected chi connectivity index (χ3v) is 4.17. The smallest absolute Gasteiger partial charge is 0.179 e. The van der Waals surface area contributed by atoms with Gasteiger partial charge < -0.3 is 5.32 Å². The first-order valence-corrected chi connectivity index (χ1v) is 6.32. The fourth-order valence-corrected chi connectivity index (χ4v) is 3.12. The molecule has 1 fully saturated rings. The van der Waals surface area contributed by atoms with Crippen LogP contribution in [-0.4, -0.2) is 18.9 Å². The van der Waals surface area contributed by atoms with E-state index in [-0.39, 0.29) is 11.2 Å². The van der Waals surface area contributed by atoms with Gasteiger partial charge in [0.05, 0.1) is 9.21 Å². The molecular weight excluding hydrogens is 230 g/mol. The van der Waals surface area contributed by atoms with E-state index in [1.165, 1.54) is 11.3 Å². The molecule has 0 radical (unpaired) electrons. The lowest BCUT2D eigenvalue weighted by Gasteiger charge is -2.32. The largest absolute Gasteiger partial charge is 0.316 e. The quantitative estimate of drug-likeness (QED) is 0.810. The number of thiophene rings is 1. The molecule has 1 aliphatic rings. The molecule has 2 nitrogen and oxygen atoms in total. The molecule has 0 aromatic carbocycles. The highest BCUT2D eigenvalue weighted by atomic mass is 35.5. The number of halogens is 1. The molecule has 1 saturated heterocycles. The summed E-state index contributed by atoms with van der Waals surface area (Å²) in [6, 6.07) is 3.62. The summed E-state index contributed by atoms with van der Waals surface area (Å²) in [7, 11) is 0. The second-order valence-corrected chi connectivity index (χ2v) is 5.99. The summed E-state index contributed by atoms with van der Waals surface area (Å²) in [6.07, 6.45) is 2.04. The van der Waals surface area contributed by atoms with Crippen LogP contribution in [0.1, 0.15) is 29.4 Å². The molecule has 1 aromatic heterocycles. The first-order valence-electron chi connectivity index (χ1n) is 5.13. The van der Waals surface area contributed by atoms with Crippen LogP contribution in [0.25, 0.3) is 0 Å². The molecular formula is C11H14ClNOS. The van der Waals surface area contributed by atoms with E-state index in [9.17, 15) is 4.79 Å². The second kappa shape index (κ2) is 4.24. The van der Waals surface area contributed by atoms with Crippen molar-refractivity contribution in [1.82, 2.24) is 5.32 Å². The van der Waals surface area contributed by atoms with Crippen molar-refractivity contribution in [2.75, 3.05) is 13.1 Å². The highest BCUT2D eigenvalue weighted by Gasteiger charge is 2.35. The Kier molecular flexibility index (Phi) is 3.14. The number of hydrogen-bond acceptors (Lipinski definition) is 3. The van der Waals surface area contributed by atoms with E-state index in [0.29, 0.717) is 4.34 Å². The Balaban J connectivity index is 2.19. The molecule has 82 valence electrons. The van der Waals surface area contributed by atoms with Crippen LogP contribution < -0.4 is 5.32 Å². The number of piperidine rings is 1. The Labute approximate surface area is 98.6 Å². The predicted molar refractivity (Wildman–Crippen MR) is 63.9 cm³/mol. The molecule has 1 unspecified atom stereocenters. The van der Waals surface area contributed by atoms with Crippen LogP contribution in [0.4, 0.5) is 0 Å². The zero-order valence-electron chi connectivity index (χ0n) is 8.68. The first-order chi connectivity index (χ1) is 7.12. The van der Waals surface area contributed by atoms with Crippen molar-refractivity contribution in [2.24, 2.45) is 5.41 Å².